The zero-order valence-corrected chi connectivity index (χ0v) is 10.9. The Labute approximate surface area is 114 Å². The summed E-state index contributed by atoms with van der Waals surface area (Å²) >= 11 is 0. The topological polar surface area (TPSA) is 138 Å². The molecule has 4 N–H and O–H groups in total. The molecule has 0 aromatic carbocycles. The molecule has 0 aliphatic heterocycles. The predicted molar refractivity (Wildman–Crippen MR) is 67.1 cm³/mol. The Morgan fingerprint density at radius 3 is 2.45 bits per heavy atom. The van der Waals surface area contributed by atoms with Crippen molar-refractivity contribution in [1.82, 2.24) is 30.9 Å². The number of rotatable bonds is 7. The Bertz CT molecular complexity index is 486. The lowest BCUT2D eigenvalue weighted by atomic mass is 10.5. The fourth-order valence-electron chi connectivity index (χ4n) is 1.27. The number of aromatic carboxylic acids is 1. The summed E-state index contributed by atoms with van der Waals surface area (Å²) < 4.78 is 1.32. The van der Waals surface area contributed by atoms with Crippen molar-refractivity contribution < 1.29 is 19.5 Å². The summed E-state index contributed by atoms with van der Waals surface area (Å²) in [5, 5.41) is 23.3. The van der Waals surface area contributed by atoms with Crippen LogP contribution in [0.1, 0.15) is 17.4 Å². The van der Waals surface area contributed by atoms with Crippen LogP contribution in [-0.2, 0) is 11.3 Å². The predicted octanol–water partition coefficient (Wildman–Crippen LogP) is -1.59. The van der Waals surface area contributed by atoms with Crippen LogP contribution in [0.4, 0.5) is 4.79 Å². The van der Waals surface area contributed by atoms with Gasteiger partial charge in [-0.3, -0.25) is 4.79 Å². The van der Waals surface area contributed by atoms with Gasteiger partial charge < -0.3 is 21.1 Å². The number of carbonyl (C=O) groups is 3. The van der Waals surface area contributed by atoms with E-state index in [9.17, 15) is 14.4 Å². The molecule has 0 radical (unpaired) electrons. The Morgan fingerprint density at radius 2 is 1.85 bits per heavy atom. The average Bonchev–Trinajstić information content (AvgIpc) is 2.83. The second-order valence-electron chi connectivity index (χ2n) is 3.84. The molecule has 0 aliphatic carbocycles. The smallest absolute Gasteiger partial charge is 0.358 e. The molecular formula is C10H16N6O4. The van der Waals surface area contributed by atoms with Crippen LogP contribution in [0.3, 0.4) is 0 Å². The first-order valence-electron chi connectivity index (χ1n) is 5.88. The number of hydrogen-bond acceptors (Lipinski definition) is 5. The SMILES string of the molecule is CC(=O)NCCNC(=O)NCCn1cc(C(=O)O)nn1. The van der Waals surface area contributed by atoms with Gasteiger partial charge in [-0.25, -0.2) is 14.3 Å². The second kappa shape index (κ2) is 7.71. The summed E-state index contributed by atoms with van der Waals surface area (Å²) in [7, 11) is 0. The number of urea groups is 1. The Balaban J connectivity index is 2.15. The zero-order chi connectivity index (χ0) is 15.0. The first-order valence-corrected chi connectivity index (χ1v) is 5.88. The summed E-state index contributed by atoms with van der Waals surface area (Å²) in [6.07, 6.45) is 1.28. The van der Waals surface area contributed by atoms with Crippen LogP contribution in [0.25, 0.3) is 0 Å². The van der Waals surface area contributed by atoms with Gasteiger partial charge in [-0.1, -0.05) is 5.21 Å². The van der Waals surface area contributed by atoms with Gasteiger partial charge >= 0.3 is 12.0 Å². The van der Waals surface area contributed by atoms with E-state index in [1.54, 1.807) is 0 Å². The molecule has 0 saturated carbocycles. The minimum Gasteiger partial charge on any atom is -0.476 e. The van der Waals surface area contributed by atoms with Crippen molar-refractivity contribution in [2.75, 3.05) is 19.6 Å². The summed E-state index contributed by atoms with van der Waals surface area (Å²) in [4.78, 5) is 32.5. The van der Waals surface area contributed by atoms with Gasteiger partial charge in [-0.2, -0.15) is 0 Å². The number of carbonyl (C=O) groups excluding carboxylic acids is 2. The van der Waals surface area contributed by atoms with Gasteiger partial charge in [0.15, 0.2) is 5.69 Å². The molecule has 0 fully saturated rings. The average molecular weight is 284 g/mol. The lowest BCUT2D eigenvalue weighted by Crippen LogP contribution is -2.41. The first kappa shape index (κ1) is 15.4. The molecule has 0 aliphatic rings. The van der Waals surface area contributed by atoms with E-state index in [0.29, 0.717) is 19.6 Å². The monoisotopic (exact) mass is 284 g/mol. The standard InChI is InChI=1S/C10H16N6O4/c1-7(17)11-2-3-12-10(20)13-4-5-16-6-8(9(18)19)14-15-16/h6H,2-5H2,1H3,(H,11,17)(H,18,19)(H2,12,13,20). The quantitative estimate of drug-likeness (QED) is 0.445. The van der Waals surface area contributed by atoms with Crippen LogP contribution < -0.4 is 16.0 Å². The molecule has 0 atom stereocenters. The molecule has 110 valence electrons. The van der Waals surface area contributed by atoms with E-state index in [0.717, 1.165) is 0 Å². The molecule has 20 heavy (non-hydrogen) atoms. The van der Waals surface area contributed by atoms with E-state index in [-0.39, 0.29) is 24.2 Å². The minimum atomic E-state index is -1.15. The highest BCUT2D eigenvalue weighted by molar-refractivity contribution is 5.84. The van der Waals surface area contributed by atoms with Gasteiger partial charge in [0.25, 0.3) is 0 Å². The normalized spacial score (nSPS) is 9.85. The number of carboxylic acid groups (broad SMARTS) is 1. The van der Waals surface area contributed by atoms with Gasteiger partial charge in [0.1, 0.15) is 0 Å². The van der Waals surface area contributed by atoms with Crippen LogP contribution in [0.15, 0.2) is 6.20 Å². The van der Waals surface area contributed by atoms with Gasteiger partial charge in [0, 0.05) is 26.6 Å². The van der Waals surface area contributed by atoms with E-state index in [2.05, 4.69) is 26.3 Å². The molecule has 1 aromatic rings. The molecule has 1 heterocycles. The molecule has 3 amide bonds. The number of amides is 3. The van der Waals surface area contributed by atoms with Crippen molar-refractivity contribution in [2.45, 2.75) is 13.5 Å². The van der Waals surface area contributed by atoms with Crippen molar-refractivity contribution in [3.63, 3.8) is 0 Å². The van der Waals surface area contributed by atoms with Crippen molar-refractivity contribution in [2.24, 2.45) is 0 Å². The third-order valence-corrected chi connectivity index (χ3v) is 2.17. The highest BCUT2D eigenvalue weighted by Crippen LogP contribution is 1.91. The molecule has 10 heteroatoms. The van der Waals surface area contributed by atoms with Crippen molar-refractivity contribution >= 4 is 17.9 Å². The molecule has 1 aromatic heterocycles. The number of aromatic nitrogens is 3. The van der Waals surface area contributed by atoms with E-state index in [1.165, 1.54) is 17.8 Å². The van der Waals surface area contributed by atoms with Gasteiger partial charge in [-0.15, -0.1) is 5.10 Å². The van der Waals surface area contributed by atoms with Crippen molar-refractivity contribution in [3.8, 4) is 0 Å². The maximum absolute atomic E-state index is 11.3. The van der Waals surface area contributed by atoms with Crippen molar-refractivity contribution in [1.29, 1.82) is 0 Å². The largest absolute Gasteiger partial charge is 0.476 e. The second-order valence-corrected chi connectivity index (χ2v) is 3.84. The molecule has 10 nitrogen and oxygen atoms in total. The molecule has 0 bridgehead atoms. The van der Waals surface area contributed by atoms with Crippen LogP contribution >= 0.6 is 0 Å². The minimum absolute atomic E-state index is 0.148. The highest BCUT2D eigenvalue weighted by Gasteiger charge is 2.07. The summed E-state index contributed by atoms with van der Waals surface area (Å²) in [5.41, 5.74) is -0.148. The summed E-state index contributed by atoms with van der Waals surface area (Å²) in [6.45, 7) is 2.64. The maximum Gasteiger partial charge on any atom is 0.358 e. The Hall–Kier alpha value is -2.65. The highest BCUT2D eigenvalue weighted by atomic mass is 16.4. The van der Waals surface area contributed by atoms with E-state index >= 15 is 0 Å². The Morgan fingerprint density at radius 1 is 1.20 bits per heavy atom. The summed E-state index contributed by atoms with van der Waals surface area (Å²) in [5.74, 6) is -1.31. The molecular weight excluding hydrogens is 268 g/mol. The number of hydrogen-bond donors (Lipinski definition) is 4. The zero-order valence-electron chi connectivity index (χ0n) is 10.9. The number of carboxylic acids is 1. The number of nitrogens with zero attached hydrogens (tertiary/aromatic N) is 3. The van der Waals surface area contributed by atoms with Crippen LogP contribution in [0.2, 0.25) is 0 Å². The molecule has 0 saturated heterocycles. The van der Waals surface area contributed by atoms with Crippen LogP contribution in [-0.4, -0.2) is 57.6 Å². The van der Waals surface area contributed by atoms with Crippen LogP contribution in [0, 0.1) is 0 Å². The van der Waals surface area contributed by atoms with E-state index < -0.39 is 5.97 Å². The third kappa shape index (κ3) is 5.80. The van der Waals surface area contributed by atoms with Gasteiger partial charge in [0.05, 0.1) is 12.7 Å². The fourth-order valence-corrected chi connectivity index (χ4v) is 1.27. The van der Waals surface area contributed by atoms with Crippen LogP contribution in [0.5, 0.6) is 0 Å². The van der Waals surface area contributed by atoms with Crippen molar-refractivity contribution in [3.05, 3.63) is 11.9 Å². The number of nitrogens with one attached hydrogen (secondary N) is 3. The van der Waals surface area contributed by atoms with E-state index in [1.807, 2.05) is 0 Å². The van der Waals surface area contributed by atoms with Gasteiger partial charge in [0.2, 0.25) is 5.91 Å². The molecule has 1 rings (SSSR count). The maximum atomic E-state index is 11.3. The Kier molecular flexibility index (Phi) is 5.94. The lowest BCUT2D eigenvalue weighted by Gasteiger charge is -2.07. The van der Waals surface area contributed by atoms with E-state index in [4.69, 9.17) is 5.11 Å². The molecule has 0 spiro atoms. The summed E-state index contributed by atoms with van der Waals surface area (Å²) in [6, 6.07) is -0.381. The lowest BCUT2D eigenvalue weighted by molar-refractivity contribution is -0.118. The first-order chi connectivity index (χ1) is 9.49. The fraction of sp³-hybridized carbons (Fsp3) is 0.500. The third-order valence-electron chi connectivity index (χ3n) is 2.17. The molecule has 0 unspecified atom stereocenters. The van der Waals surface area contributed by atoms with Gasteiger partial charge in [-0.05, 0) is 0 Å².